The Hall–Kier alpha value is -1.61. The number of rotatable bonds is 2. The van der Waals surface area contributed by atoms with Crippen molar-refractivity contribution in [2.24, 2.45) is 0 Å². The van der Waals surface area contributed by atoms with Gasteiger partial charge in [-0.3, -0.25) is 4.79 Å². The Labute approximate surface area is 108 Å². The molecule has 2 rings (SSSR count). The summed E-state index contributed by atoms with van der Waals surface area (Å²) in [6.07, 6.45) is 0. The van der Waals surface area contributed by atoms with E-state index >= 15 is 0 Å². The van der Waals surface area contributed by atoms with Crippen molar-refractivity contribution in [2.75, 3.05) is 18.4 Å². The molecule has 1 aromatic rings. The van der Waals surface area contributed by atoms with Crippen LogP contribution in [0.4, 0.5) is 5.69 Å². The number of benzene rings is 1. The SMILES string of the molecule is CC(C(=O)Nc1c(C)cc(C)cc1C)=C1CNC1. The second kappa shape index (κ2) is 4.94. The number of hydrogen-bond acceptors (Lipinski definition) is 2. The van der Waals surface area contributed by atoms with Crippen molar-refractivity contribution in [2.45, 2.75) is 27.7 Å². The van der Waals surface area contributed by atoms with Gasteiger partial charge in [0.25, 0.3) is 5.91 Å². The molecule has 0 aromatic heterocycles. The molecule has 1 amide bonds. The Kier molecular flexibility index (Phi) is 3.53. The lowest BCUT2D eigenvalue weighted by atomic mass is 10.0. The van der Waals surface area contributed by atoms with Crippen LogP contribution in [0.25, 0.3) is 0 Å². The molecule has 1 saturated heterocycles. The van der Waals surface area contributed by atoms with Crippen molar-refractivity contribution in [3.63, 3.8) is 0 Å². The molecule has 1 aromatic carbocycles. The average molecular weight is 244 g/mol. The average Bonchev–Trinajstić information content (AvgIpc) is 2.20. The summed E-state index contributed by atoms with van der Waals surface area (Å²) in [7, 11) is 0. The first-order valence-electron chi connectivity index (χ1n) is 6.27. The first-order chi connectivity index (χ1) is 8.49. The highest BCUT2D eigenvalue weighted by molar-refractivity contribution is 6.04. The summed E-state index contributed by atoms with van der Waals surface area (Å²) in [5, 5.41) is 6.18. The van der Waals surface area contributed by atoms with Crippen LogP contribution in [0.1, 0.15) is 23.6 Å². The van der Waals surface area contributed by atoms with Crippen LogP contribution >= 0.6 is 0 Å². The van der Waals surface area contributed by atoms with E-state index in [9.17, 15) is 4.79 Å². The minimum absolute atomic E-state index is 0.0153. The number of amides is 1. The Balaban J connectivity index is 2.22. The highest BCUT2D eigenvalue weighted by Gasteiger charge is 2.17. The van der Waals surface area contributed by atoms with Gasteiger partial charge in [0, 0.05) is 24.4 Å². The molecule has 18 heavy (non-hydrogen) atoms. The molecule has 3 nitrogen and oxygen atoms in total. The molecule has 1 aliphatic heterocycles. The quantitative estimate of drug-likeness (QED) is 0.785. The summed E-state index contributed by atoms with van der Waals surface area (Å²) in [6, 6.07) is 4.19. The maximum atomic E-state index is 12.1. The van der Waals surface area contributed by atoms with Crippen molar-refractivity contribution in [1.82, 2.24) is 5.32 Å². The second-order valence-electron chi connectivity index (χ2n) is 5.06. The van der Waals surface area contributed by atoms with Gasteiger partial charge in [0.05, 0.1) is 0 Å². The van der Waals surface area contributed by atoms with Gasteiger partial charge in [-0.05, 0) is 44.4 Å². The van der Waals surface area contributed by atoms with E-state index in [2.05, 4.69) is 29.7 Å². The fourth-order valence-corrected chi connectivity index (χ4v) is 2.26. The number of anilines is 1. The van der Waals surface area contributed by atoms with E-state index in [1.165, 1.54) is 11.1 Å². The Bertz CT molecular complexity index is 500. The fourth-order valence-electron chi connectivity index (χ4n) is 2.26. The molecule has 3 heteroatoms. The molecule has 0 bridgehead atoms. The zero-order chi connectivity index (χ0) is 13.3. The first kappa shape index (κ1) is 12.8. The van der Waals surface area contributed by atoms with Crippen LogP contribution in [-0.4, -0.2) is 19.0 Å². The predicted molar refractivity (Wildman–Crippen MR) is 74.9 cm³/mol. The monoisotopic (exact) mass is 244 g/mol. The van der Waals surface area contributed by atoms with Gasteiger partial charge in [-0.1, -0.05) is 17.7 Å². The van der Waals surface area contributed by atoms with E-state index in [4.69, 9.17) is 0 Å². The van der Waals surface area contributed by atoms with Crippen molar-refractivity contribution in [3.05, 3.63) is 40.0 Å². The molecule has 96 valence electrons. The third kappa shape index (κ3) is 2.46. The van der Waals surface area contributed by atoms with Crippen molar-refractivity contribution >= 4 is 11.6 Å². The van der Waals surface area contributed by atoms with Crippen molar-refractivity contribution < 1.29 is 4.79 Å². The summed E-state index contributed by atoms with van der Waals surface area (Å²) in [4.78, 5) is 12.1. The number of carbonyl (C=O) groups is 1. The Morgan fingerprint density at radius 3 is 2.17 bits per heavy atom. The standard InChI is InChI=1S/C15H20N2O/c1-9-5-10(2)14(11(3)6-9)17-15(18)12(4)13-7-16-8-13/h5-6,16H,7-8H2,1-4H3,(H,17,18). The molecular weight excluding hydrogens is 224 g/mol. The number of carbonyl (C=O) groups excluding carboxylic acids is 1. The highest BCUT2D eigenvalue weighted by Crippen LogP contribution is 2.23. The third-order valence-corrected chi connectivity index (χ3v) is 3.46. The molecule has 1 fully saturated rings. The van der Waals surface area contributed by atoms with Gasteiger partial charge in [-0.25, -0.2) is 0 Å². The summed E-state index contributed by atoms with van der Waals surface area (Å²) in [5.41, 5.74) is 6.44. The summed E-state index contributed by atoms with van der Waals surface area (Å²) >= 11 is 0. The zero-order valence-electron chi connectivity index (χ0n) is 11.5. The number of nitrogens with one attached hydrogen (secondary N) is 2. The predicted octanol–water partition coefficient (Wildman–Crippen LogP) is 2.47. The van der Waals surface area contributed by atoms with Gasteiger partial charge in [-0.15, -0.1) is 0 Å². The van der Waals surface area contributed by atoms with Crippen LogP contribution < -0.4 is 10.6 Å². The van der Waals surface area contributed by atoms with Gasteiger partial charge in [0.1, 0.15) is 0 Å². The van der Waals surface area contributed by atoms with E-state index in [-0.39, 0.29) is 5.91 Å². The minimum Gasteiger partial charge on any atom is -0.322 e. The van der Waals surface area contributed by atoms with E-state index in [1.807, 2.05) is 20.8 Å². The normalized spacial score (nSPS) is 14.1. The van der Waals surface area contributed by atoms with Crippen LogP contribution in [0.3, 0.4) is 0 Å². The Morgan fingerprint density at radius 1 is 1.17 bits per heavy atom. The fraction of sp³-hybridized carbons (Fsp3) is 0.400. The molecule has 1 aliphatic rings. The number of aryl methyl sites for hydroxylation is 3. The van der Waals surface area contributed by atoms with Gasteiger partial charge in [0.15, 0.2) is 0 Å². The highest BCUT2D eigenvalue weighted by atomic mass is 16.1. The topological polar surface area (TPSA) is 41.1 Å². The van der Waals surface area contributed by atoms with E-state index in [0.29, 0.717) is 0 Å². The molecule has 0 aliphatic carbocycles. The smallest absolute Gasteiger partial charge is 0.251 e. The molecule has 2 N–H and O–H groups in total. The summed E-state index contributed by atoms with van der Waals surface area (Å²) in [6.45, 7) is 9.70. The maximum absolute atomic E-state index is 12.1. The lowest BCUT2D eigenvalue weighted by Gasteiger charge is -2.22. The lowest BCUT2D eigenvalue weighted by Crippen LogP contribution is -2.36. The third-order valence-electron chi connectivity index (χ3n) is 3.46. The molecule has 0 unspecified atom stereocenters. The van der Waals surface area contributed by atoms with Crippen LogP contribution in [0, 0.1) is 20.8 Å². The van der Waals surface area contributed by atoms with Gasteiger partial charge < -0.3 is 10.6 Å². The second-order valence-corrected chi connectivity index (χ2v) is 5.06. The molecule has 1 heterocycles. The summed E-state index contributed by atoms with van der Waals surface area (Å²) < 4.78 is 0. The van der Waals surface area contributed by atoms with Crippen LogP contribution in [-0.2, 0) is 4.79 Å². The molecule has 0 radical (unpaired) electrons. The summed E-state index contributed by atoms with van der Waals surface area (Å²) in [5.74, 6) is 0.0153. The van der Waals surface area contributed by atoms with Gasteiger partial charge in [-0.2, -0.15) is 0 Å². The first-order valence-corrected chi connectivity index (χ1v) is 6.27. The van der Waals surface area contributed by atoms with Crippen molar-refractivity contribution in [3.8, 4) is 0 Å². The van der Waals surface area contributed by atoms with E-state index < -0.39 is 0 Å². The zero-order valence-corrected chi connectivity index (χ0v) is 11.5. The Morgan fingerprint density at radius 2 is 1.72 bits per heavy atom. The molecule has 0 atom stereocenters. The van der Waals surface area contributed by atoms with E-state index in [1.54, 1.807) is 0 Å². The molecule has 0 spiro atoms. The number of hydrogen-bond donors (Lipinski definition) is 2. The largest absolute Gasteiger partial charge is 0.322 e. The lowest BCUT2D eigenvalue weighted by molar-refractivity contribution is -0.112. The van der Waals surface area contributed by atoms with E-state index in [0.717, 1.165) is 35.5 Å². The molecular formula is C15H20N2O. The maximum Gasteiger partial charge on any atom is 0.251 e. The molecule has 0 saturated carbocycles. The minimum atomic E-state index is 0.0153. The van der Waals surface area contributed by atoms with Crippen LogP contribution in [0.5, 0.6) is 0 Å². The van der Waals surface area contributed by atoms with Gasteiger partial charge in [0.2, 0.25) is 0 Å². The van der Waals surface area contributed by atoms with Crippen LogP contribution in [0.2, 0.25) is 0 Å². The van der Waals surface area contributed by atoms with Gasteiger partial charge >= 0.3 is 0 Å². The van der Waals surface area contributed by atoms with Crippen molar-refractivity contribution in [1.29, 1.82) is 0 Å². The van der Waals surface area contributed by atoms with Crippen LogP contribution in [0.15, 0.2) is 23.3 Å².